The molecular weight excluding hydrogens is 244 g/mol. The molecule has 1 N–H and O–H groups in total. The van der Waals surface area contributed by atoms with Crippen molar-refractivity contribution in [3.05, 3.63) is 70.9 Å². The molecule has 1 aromatic heterocycles. The molecule has 0 amide bonds. The summed E-state index contributed by atoms with van der Waals surface area (Å²) in [7, 11) is 0. The molecule has 2 heterocycles. The molecule has 0 fully saturated rings. The van der Waals surface area contributed by atoms with Crippen LogP contribution in [0.25, 0.3) is 10.9 Å². The summed E-state index contributed by atoms with van der Waals surface area (Å²) in [5.41, 5.74) is 6.88. The van der Waals surface area contributed by atoms with E-state index in [9.17, 15) is 0 Å². The Kier molecular flexibility index (Phi) is 2.64. The molecule has 0 saturated carbocycles. The number of hydrogen-bond donors (Lipinski definition) is 1. The predicted molar refractivity (Wildman–Crippen MR) is 82.4 cm³/mol. The number of aromatic nitrogens is 1. The minimum absolute atomic E-state index is 1.02. The van der Waals surface area contributed by atoms with E-state index in [1.54, 1.807) is 0 Å². The second kappa shape index (κ2) is 4.50. The highest BCUT2D eigenvalue weighted by molar-refractivity contribution is 5.85. The summed E-state index contributed by atoms with van der Waals surface area (Å²) < 4.78 is 0. The molecule has 2 nitrogen and oxygen atoms in total. The monoisotopic (exact) mass is 262 g/mol. The van der Waals surface area contributed by atoms with Gasteiger partial charge in [0.05, 0.1) is 0 Å². The molecule has 4 rings (SSSR count). The van der Waals surface area contributed by atoms with E-state index < -0.39 is 0 Å². The van der Waals surface area contributed by atoms with Crippen molar-refractivity contribution in [2.45, 2.75) is 26.6 Å². The molecule has 2 aromatic carbocycles. The largest absolute Gasteiger partial charge is 0.357 e. The maximum absolute atomic E-state index is 3.58. The van der Waals surface area contributed by atoms with Crippen LogP contribution >= 0.6 is 0 Å². The summed E-state index contributed by atoms with van der Waals surface area (Å²) in [6, 6.07) is 17.4. The molecule has 0 radical (unpaired) electrons. The highest BCUT2D eigenvalue weighted by Gasteiger charge is 2.23. The van der Waals surface area contributed by atoms with Crippen molar-refractivity contribution in [2.75, 3.05) is 0 Å². The van der Waals surface area contributed by atoms with E-state index in [1.165, 1.54) is 33.3 Å². The van der Waals surface area contributed by atoms with Gasteiger partial charge in [0, 0.05) is 36.2 Å². The number of rotatable bonds is 2. The van der Waals surface area contributed by atoms with Crippen molar-refractivity contribution in [1.29, 1.82) is 0 Å². The summed E-state index contributed by atoms with van der Waals surface area (Å²) in [5.74, 6) is 0. The van der Waals surface area contributed by atoms with Crippen LogP contribution in [0.4, 0.5) is 0 Å². The molecule has 20 heavy (non-hydrogen) atoms. The highest BCUT2D eigenvalue weighted by atomic mass is 15.2. The summed E-state index contributed by atoms with van der Waals surface area (Å²) in [6.45, 7) is 5.26. The maximum Gasteiger partial charge on any atom is 0.0460 e. The lowest BCUT2D eigenvalue weighted by Crippen LogP contribution is -2.16. The summed E-state index contributed by atoms with van der Waals surface area (Å²) in [5, 5.41) is 1.40. The van der Waals surface area contributed by atoms with Crippen LogP contribution < -0.4 is 0 Å². The van der Waals surface area contributed by atoms with Gasteiger partial charge in [-0.25, -0.2) is 0 Å². The molecule has 2 heteroatoms. The fourth-order valence-electron chi connectivity index (χ4n) is 3.19. The number of aryl methyl sites for hydroxylation is 1. The van der Waals surface area contributed by atoms with E-state index in [2.05, 4.69) is 65.3 Å². The average molecular weight is 262 g/mol. The second-order valence-electron chi connectivity index (χ2n) is 5.76. The van der Waals surface area contributed by atoms with Crippen LogP contribution in [-0.4, -0.2) is 9.88 Å². The van der Waals surface area contributed by atoms with Gasteiger partial charge in [0.1, 0.15) is 0 Å². The SMILES string of the molecule is Cc1ccc2[nH]c3c(c2c1)CN(Cc1ccccc1)C3. The van der Waals surface area contributed by atoms with E-state index in [-0.39, 0.29) is 0 Å². The van der Waals surface area contributed by atoms with Gasteiger partial charge in [-0.05, 0) is 30.2 Å². The first kappa shape index (κ1) is 11.7. The van der Waals surface area contributed by atoms with Gasteiger partial charge in [-0.1, -0.05) is 42.0 Å². The smallest absolute Gasteiger partial charge is 0.0460 e. The summed E-state index contributed by atoms with van der Waals surface area (Å²) in [4.78, 5) is 6.08. The second-order valence-corrected chi connectivity index (χ2v) is 5.76. The van der Waals surface area contributed by atoms with Gasteiger partial charge in [-0.3, -0.25) is 4.90 Å². The molecule has 0 saturated heterocycles. The third-order valence-corrected chi connectivity index (χ3v) is 4.16. The standard InChI is InChI=1S/C18H18N2/c1-13-7-8-17-15(9-13)16-11-20(12-18(16)19-17)10-14-5-3-2-4-6-14/h2-9,19H,10-12H2,1H3. The number of aromatic amines is 1. The van der Waals surface area contributed by atoms with Gasteiger partial charge in [-0.15, -0.1) is 0 Å². The first-order valence-corrected chi connectivity index (χ1v) is 7.16. The van der Waals surface area contributed by atoms with Crippen molar-refractivity contribution in [3.8, 4) is 0 Å². The number of hydrogen-bond acceptors (Lipinski definition) is 1. The first-order valence-electron chi connectivity index (χ1n) is 7.16. The third-order valence-electron chi connectivity index (χ3n) is 4.16. The fourth-order valence-corrected chi connectivity index (χ4v) is 3.19. The topological polar surface area (TPSA) is 19.0 Å². The molecule has 0 bridgehead atoms. The van der Waals surface area contributed by atoms with Gasteiger partial charge in [0.25, 0.3) is 0 Å². The molecule has 0 aliphatic carbocycles. The minimum atomic E-state index is 1.02. The van der Waals surface area contributed by atoms with Crippen LogP contribution in [0, 0.1) is 6.92 Å². The third kappa shape index (κ3) is 1.93. The van der Waals surface area contributed by atoms with Crippen molar-refractivity contribution >= 4 is 10.9 Å². The molecule has 100 valence electrons. The van der Waals surface area contributed by atoms with Crippen molar-refractivity contribution in [3.63, 3.8) is 0 Å². The number of nitrogens with one attached hydrogen (secondary N) is 1. The molecule has 0 atom stereocenters. The van der Waals surface area contributed by atoms with Crippen molar-refractivity contribution in [1.82, 2.24) is 9.88 Å². The molecule has 0 spiro atoms. The van der Waals surface area contributed by atoms with Gasteiger partial charge >= 0.3 is 0 Å². The highest BCUT2D eigenvalue weighted by Crippen LogP contribution is 2.31. The number of H-pyrrole nitrogens is 1. The van der Waals surface area contributed by atoms with E-state index in [0.29, 0.717) is 0 Å². The zero-order chi connectivity index (χ0) is 13.5. The van der Waals surface area contributed by atoms with Crippen LogP contribution in [0.2, 0.25) is 0 Å². The van der Waals surface area contributed by atoms with Gasteiger partial charge in [0.15, 0.2) is 0 Å². The lowest BCUT2D eigenvalue weighted by atomic mass is 10.1. The quantitative estimate of drug-likeness (QED) is 0.740. The lowest BCUT2D eigenvalue weighted by molar-refractivity contribution is 0.274. The minimum Gasteiger partial charge on any atom is -0.357 e. The Hall–Kier alpha value is -2.06. The Balaban J connectivity index is 1.62. The Morgan fingerprint density at radius 3 is 2.75 bits per heavy atom. The molecule has 3 aromatic rings. The normalized spacial score (nSPS) is 14.8. The van der Waals surface area contributed by atoms with Crippen LogP contribution in [0.15, 0.2) is 48.5 Å². The summed E-state index contributed by atoms with van der Waals surface area (Å²) in [6.07, 6.45) is 0. The Labute approximate surface area is 119 Å². The molecule has 1 aliphatic heterocycles. The maximum atomic E-state index is 3.58. The molecular formula is C18H18N2. The average Bonchev–Trinajstić information content (AvgIpc) is 2.97. The molecule has 0 unspecified atom stereocenters. The Morgan fingerprint density at radius 1 is 1.05 bits per heavy atom. The Bertz CT molecular complexity index is 756. The van der Waals surface area contributed by atoms with Crippen molar-refractivity contribution < 1.29 is 0 Å². The number of fused-ring (bicyclic) bond motifs is 3. The molecule has 1 aliphatic rings. The number of nitrogens with zero attached hydrogens (tertiary/aromatic N) is 1. The summed E-state index contributed by atoms with van der Waals surface area (Å²) >= 11 is 0. The van der Waals surface area contributed by atoms with Crippen LogP contribution in [-0.2, 0) is 19.6 Å². The Morgan fingerprint density at radius 2 is 1.90 bits per heavy atom. The zero-order valence-electron chi connectivity index (χ0n) is 11.7. The lowest BCUT2D eigenvalue weighted by Gasteiger charge is -2.15. The van der Waals surface area contributed by atoms with Crippen molar-refractivity contribution in [2.24, 2.45) is 0 Å². The van der Waals surface area contributed by atoms with Crippen LogP contribution in [0.3, 0.4) is 0 Å². The van der Waals surface area contributed by atoms with E-state index in [1.807, 2.05) is 0 Å². The number of benzene rings is 2. The van der Waals surface area contributed by atoms with Gasteiger partial charge in [-0.2, -0.15) is 0 Å². The van der Waals surface area contributed by atoms with Crippen LogP contribution in [0.5, 0.6) is 0 Å². The van der Waals surface area contributed by atoms with Crippen LogP contribution in [0.1, 0.15) is 22.4 Å². The first-order chi connectivity index (χ1) is 9.79. The van der Waals surface area contributed by atoms with E-state index in [0.717, 1.165) is 19.6 Å². The van der Waals surface area contributed by atoms with Gasteiger partial charge in [0.2, 0.25) is 0 Å². The zero-order valence-corrected chi connectivity index (χ0v) is 11.7. The van der Waals surface area contributed by atoms with E-state index >= 15 is 0 Å². The van der Waals surface area contributed by atoms with E-state index in [4.69, 9.17) is 0 Å². The fraction of sp³-hybridized carbons (Fsp3) is 0.222. The predicted octanol–water partition coefficient (Wildman–Crippen LogP) is 3.99. The van der Waals surface area contributed by atoms with Gasteiger partial charge < -0.3 is 4.98 Å².